The number of hydrogen-bond donors (Lipinski definition) is 1. The normalized spacial score (nSPS) is 17.2. The molecule has 1 saturated heterocycles. The molecule has 1 fully saturated rings. The number of rotatable bonds is 3. The number of nitrogens with zero attached hydrogens (tertiary/aromatic N) is 1. The predicted molar refractivity (Wildman–Crippen MR) is 70.1 cm³/mol. The van der Waals surface area contributed by atoms with Gasteiger partial charge < -0.3 is 15.0 Å². The van der Waals surface area contributed by atoms with Gasteiger partial charge in [0.1, 0.15) is 0 Å². The average molecular weight is 260 g/mol. The van der Waals surface area contributed by atoms with Crippen molar-refractivity contribution in [2.45, 2.75) is 13.0 Å². The Labute approximate surface area is 111 Å². The summed E-state index contributed by atoms with van der Waals surface area (Å²) in [5.74, 6) is -0.452. The molecule has 0 atom stereocenters. The molecule has 5 heteroatoms. The van der Waals surface area contributed by atoms with Crippen molar-refractivity contribution in [1.82, 2.24) is 10.2 Å². The highest BCUT2D eigenvalue weighted by atomic mass is 16.5. The smallest absolute Gasteiger partial charge is 0.332 e. The molecule has 1 aromatic carbocycles. The fraction of sp³-hybridized carbons (Fsp3) is 0.286. The second kappa shape index (κ2) is 6.04. The molecule has 0 aliphatic carbocycles. The second-order valence-corrected chi connectivity index (χ2v) is 4.28. The lowest BCUT2D eigenvalue weighted by Gasteiger charge is -2.29. The van der Waals surface area contributed by atoms with Crippen LogP contribution in [-0.4, -0.2) is 30.6 Å². The first-order valence-corrected chi connectivity index (χ1v) is 6.07. The van der Waals surface area contributed by atoms with E-state index < -0.39 is 5.97 Å². The van der Waals surface area contributed by atoms with Gasteiger partial charge in [-0.2, -0.15) is 0 Å². The molecular formula is C14H16N2O3. The number of methoxy groups -OCH3 is 1. The van der Waals surface area contributed by atoms with Gasteiger partial charge in [-0.3, -0.25) is 0 Å². The summed E-state index contributed by atoms with van der Waals surface area (Å²) >= 11 is 0. The third-order valence-corrected chi connectivity index (χ3v) is 2.92. The fourth-order valence-corrected chi connectivity index (χ4v) is 1.90. The SMILES string of the molecule is COC(=O)/C=C1/CCN(Cc2ccccc2)C(=O)N1. The van der Waals surface area contributed by atoms with Crippen LogP contribution in [0.15, 0.2) is 42.1 Å². The molecule has 1 N–H and O–H groups in total. The van der Waals surface area contributed by atoms with Gasteiger partial charge in [-0.15, -0.1) is 0 Å². The van der Waals surface area contributed by atoms with E-state index in [9.17, 15) is 9.59 Å². The third-order valence-electron chi connectivity index (χ3n) is 2.92. The monoisotopic (exact) mass is 260 g/mol. The van der Waals surface area contributed by atoms with Crippen molar-refractivity contribution in [3.8, 4) is 0 Å². The van der Waals surface area contributed by atoms with Gasteiger partial charge in [0.05, 0.1) is 7.11 Å². The van der Waals surface area contributed by atoms with Gasteiger partial charge in [0.15, 0.2) is 0 Å². The lowest BCUT2D eigenvalue weighted by atomic mass is 10.2. The van der Waals surface area contributed by atoms with Crippen LogP contribution in [0, 0.1) is 0 Å². The number of nitrogens with one attached hydrogen (secondary N) is 1. The Morgan fingerprint density at radius 1 is 1.42 bits per heavy atom. The number of esters is 1. The van der Waals surface area contributed by atoms with E-state index in [1.807, 2.05) is 30.3 Å². The number of urea groups is 1. The van der Waals surface area contributed by atoms with Crippen molar-refractivity contribution in [3.63, 3.8) is 0 Å². The standard InChI is InChI=1S/C14H16N2O3/c1-19-13(17)9-12-7-8-16(14(18)15-12)10-11-5-3-2-4-6-11/h2-6,9H,7-8,10H2,1H3,(H,15,18)/b12-9-. The summed E-state index contributed by atoms with van der Waals surface area (Å²) in [5.41, 5.74) is 1.68. The van der Waals surface area contributed by atoms with E-state index in [4.69, 9.17) is 0 Å². The van der Waals surface area contributed by atoms with E-state index in [0.29, 0.717) is 25.2 Å². The Kier molecular flexibility index (Phi) is 4.18. The fourth-order valence-electron chi connectivity index (χ4n) is 1.90. The Morgan fingerprint density at radius 3 is 2.79 bits per heavy atom. The van der Waals surface area contributed by atoms with Crippen molar-refractivity contribution < 1.29 is 14.3 Å². The lowest BCUT2D eigenvalue weighted by molar-refractivity contribution is -0.134. The van der Waals surface area contributed by atoms with Crippen molar-refractivity contribution in [2.75, 3.05) is 13.7 Å². The van der Waals surface area contributed by atoms with E-state index in [0.717, 1.165) is 5.56 Å². The Bertz CT molecular complexity index is 497. The average Bonchev–Trinajstić information content (AvgIpc) is 2.43. The van der Waals surface area contributed by atoms with E-state index in [1.165, 1.54) is 13.2 Å². The van der Waals surface area contributed by atoms with E-state index in [1.54, 1.807) is 4.90 Å². The zero-order valence-corrected chi connectivity index (χ0v) is 10.8. The zero-order chi connectivity index (χ0) is 13.7. The number of carbonyl (C=O) groups excluding carboxylic acids is 2. The molecule has 1 aromatic rings. The first-order valence-electron chi connectivity index (χ1n) is 6.07. The summed E-state index contributed by atoms with van der Waals surface area (Å²) in [6, 6.07) is 9.60. The Balaban J connectivity index is 1.96. The molecule has 5 nitrogen and oxygen atoms in total. The largest absolute Gasteiger partial charge is 0.466 e. The molecule has 100 valence electrons. The van der Waals surface area contributed by atoms with E-state index >= 15 is 0 Å². The summed E-state index contributed by atoms with van der Waals surface area (Å²) in [6.45, 7) is 1.15. The van der Waals surface area contributed by atoms with E-state index in [-0.39, 0.29) is 6.03 Å². The van der Waals surface area contributed by atoms with Crippen LogP contribution < -0.4 is 5.32 Å². The van der Waals surface area contributed by atoms with Gasteiger partial charge in [-0.25, -0.2) is 9.59 Å². The molecule has 0 spiro atoms. The predicted octanol–water partition coefficient (Wildman–Crippen LogP) is 1.66. The number of hydrogen-bond acceptors (Lipinski definition) is 3. The maximum absolute atomic E-state index is 11.9. The van der Waals surface area contributed by atoms with Crippen molar-refractivity contribution >= 4 is 12.0 Å². The van der Waals surface area contributed by atoms with Crippen LogP contribution in [-0.2, 0) is 16.1 Å². The molecule has 0 aromatic heterocycles. The first kappa shape index (κ1) is 13.1. The summed E-state index contributed by atoms with van der Waals surface area (Å²) in [5, 5.41) is 2.70. The Hall–Kier alpha value is -2.30. The van der Waals surface area contributed by atoms with Crippen molar-refractivity contribution in [3.05, 3.63) is 47.7 Å². The minimum atomic E-state index is -0.452. The number of benzene rings is 1. The molecule has 0 radical (unpaired) electrons. The summed E-state index contributed by atoms with van der Waals surface area (Å²) in [7, 11) is 1.31. The van der Waals surface area contributed by atoms with Gasteiger partial charge >= 0.3 is 12.0 Å². The van der Waals surface area contributed by atoms with Crippen LogP contribution in [0.5, 0.6) is 0 Å². The van der Waals surface area contributed by atoms with Crippen LogP contribution >= 0.6 is 0 Å². The van der Waals surface area contributed by atoms with Gasteiger partial charge in [-0.1, -0.05) is 30.3 Å². The molecule has 1 aliphatic heterocycles. The third kappa shape index (κ3) is 3.58. The van der Waals surface area contributed by atoms with Crippen molar-refractivity contribution in [1.29, 1.82) is 0 Å². The second-order valence-electron chi connectivity index (χ2n) is 4.28. The summed E-state index contributed by atoms with van der Waals surface area (Å²) in [4.78, 5) is 24.7. The zero-order valence-electron chi connectivity index (χ0n) is 10.8. The van der Waals surface area contributed by atoms with Gasteiger partial charge in [0.2, 0.25) is 0 Å². The molecule has 0 bridgehead atoms. The topological polar surface area (TPSA) is 58.6 Å². The number of amides is 2. The Morgan fingerprint density at radius 2 is 2.16 bits per heavy atom. The summed E-state index contributed by atoms with van der Waals surface area (Å²) in [6.07, 6.45) is 1.94. The highest BCUT2D eigenvalue weighted by molar-refractivity contribution is 5.85. The van der Waals surface area contributed by atoms with Gasteiger partial charge in [0, 0.05) is 31.3 Å². The van der Waals surface area contributed by atoms with Crippen LogP contribution in [0.4, 0.5) is 4.79 Å². The number of ether oxygens (including phenoxy) is 1. The van der Waals surface area contributed by atoms with Gasteiger partial charge in [-0.05, 0) is 5.56 Å². The van der Waals surface area contributed by atoms with Crippen LogP contribution in [0.3, 0.4) is 0 Å². The molecule has 1 aliphatic rings. The number of carbonyl (C=O) groups is 2. The molecule has 2 amide bonds. The minimum Gasteiger partial charge on any atom is -0.466 e. The summed E-state index contributed by atoms with van der Waals surface area (Å²) < 4.78 is 4.53. The molecule has 2 rings (SSSR count). The highest BCUT2D eigenvalue weighted by Gasteiger charge is 2.21. The molecule has 0 unspecified atom stereocenters. The maximum atomic E-state index is 11.9. The lowest BCUT2D eigenvalue weighted by Crippen LogP contribution is -2.44. The van der Waals surface area contributed by atoms with E-state index in [2.05, 4.69) is 10.1 Å². The molecule has 1 heterocycles. The molecule has 0 saturated carbocycles. The van der Waals surface area contributed by atoms with Crippen molar-refractivity contribution in [2.24, 2.45) is 0 Å². The molecule has 19 heavy (non-hydrogen) atoms. The van der Waals surface area contributed by atoms with Gasteiger partial charge in [0.25, 0.3) is 0 Å². The molecular weight excluding hydrogens is 244 g/mol. The highest BCUT2D eigenvalue weighted by Crippen LogP contribution is 2.12. The van der Waals surface area contributed by atoms with Crippen LogP contribution in [0.1, 0.15) is 12.0 Å². The first-order chi connectivity index (χ1) is 9.19. The van der Waals surface area contributed by atoms with Crippen LogP contribution in [0.25, 0.3) is 0 Å². The maximum Gasteiger partial charge on any atom is 0.332 e. The minimum absolute atomic E-state index is 0.190. The quantitative estimate of drug-likeness (QED) is 0.664. The van der Waals surface area contributed by atoms with Crippen LogP contribution in [0.2, 0.25) is 0 Å².